The summed E-state index contributed by atoms with van der Waals surface area (Å²) in [5.41, 5.74) is 1.40. The van der Waals surface area contributed by atoms with E-state index in [4.69, 9.17) is 0 Å². The van der Waals surface area contributed by atoms with E-state index in [1.165, 1.54) is 0 Å². The molecular formula is C17H25N3O3S. The number of anilines is 1. The maximum absolute atomic E-state index is 11.7. The van der Waals surface area contributed by atoms with Crippen LogP contribution < -0.4 is 10.6 Å². The molecule has 1 atom stereocenters. The Hall–Kier alpha value is -1.73. The Morgan fingerprint density at radius 3 is 2.50 bits per heavy atom. The summed E-state index contributed by atoms with van der Waals surface area (Å²) in [4.78, 5) is 25.4. The number of carbonyl (C=O) groups excluding carboxylic acids is 1. The smallest absolute Gasteiger partial charge is 0.325 e. The van der Waals surface area contributed by atoms with Crippen LogP contribution in [-0.4, -0.2) is 53.1 Å². The molecule has 1 aliphatic rings. The van der Waals surface area contributed by atoms with Crippen LogP contribution in [0.4, 0.5) is 10.5 Å². The molecule has 6 nitrogen and oxygen atoms in total. The molecule has 1 saturated heterocycles. The number of carbonyl (C=O) groups is 2. The fourth-order valence-corrected chi connectivity index (χ4v) is 3.58. The van der Waals surface area contributed by atoms with Gasteiger partial charge in [-0.25, -0.2) is 4.79 Å². The highest BCUT2D eigenvalue weighted by Crippen LogP contribution is 2.25. The van der Waals surface area contributed by atoms with Gasteiger partial charge in [-0.05, 0) is 24.1 Å². The molecule has 0 aromatic heterocycles. The largest absolute Gasteiger partial charge is 0.480 e. The highest BCUT2D eigenvalue weighted by molar-refractivity contribution is 7.99. The van der Waals surface area contributed by atoms with Gasteiger partial charge in [0, 0.05) is 36.8 Å². The average molecular weight is 351 g/mol. The number of unbranched alkanes of at least 4 members (excludes halogenated alkanes) is 1. The second-order valence-corrected chi connectivity index (χ2v) is 6.97. The molecule has 0 saturated carbocycles. The molecule has 7 heteroatoms. The van der Waals surface area contributed by atoms with Crippen LogP contribution >= 0.6 is 11.8 Å². The number of carboxylic acids is 1. The molecule has 1 fully saturated rings. The zero-order valence-corrected chi connectivity index (χ0v) is 14.8. The van der Waals surface area contributed by atoms with E-state index >= 15 is 0 Å². The summed E-state index contributed by atoms with van der Waals surface area (Å²) in [5, 5.41) is 15.1. The first-order valence-corrected chi connectivity index (χ1v) is 9.46. The van der Waals surface area contributed by atoms with Gasteiger partial charge >= 0.3 is 12.0 Å². The van der Waals surface area contributed by atoms with Crippen molar-refractivity contribution in [1.82, 2.24) is 10.2 Å². The molecule has 3 N–H and O–H groups in total. The highest BCUT2D eigenvalue weighted by atomic mass is 32.2. The second-order valence-electron chi connectivity index (χ2n) is 5.75. The number of nitrogens with zero attached hydrogens (tertiary/aromatic N) is 1. The maximum atomic E-state index is 11.7. The van der Waals surface area contributed by atoms with Crippen LogP contribution in [-0.2, 0) is 4.79 Å². The van der Waals surface area contributed by atoms with Crippen molar-refractivity contribution in [2.45, 2.75) is 25.8 Å². The number of aliphatic carboxylic acids is 1. The molecule has 0 radical (unpaired) electrons. The van der Waals surface area contributed by atoms with Gasteiger partial charge in [0.2, 0.25) is 0 Å². The molecule has 1 unspecified atom stereocenters. The topological polar surface area (TPSA) is 81.7 Å². The Balaban J connectivity index is 1.98. The van der Waals surface area contributed by atoms with Gasteiger partial charge in [-0.3, -0.25) is 9.69 Å². The Kier molecular flexibility index (Phi) is 7.39. The number of rotatable bonds is 7. The Bertz CT molecular complexity index is 545. The predicted octanol–water partition coefficient (Wildman–Crippen LogP) is 2.78. The molecule has 2 rings (SSSR count). The van der Waals surface area contributed by atoms with Crippen molar-refractivity contribution in [3.63, 3.8) is 0 Å². The van der Waals surface area contributed by atoms with Crippen LogP contribution in [0.15, 0.2) is 24.3 Å². The van der Waals surface area contributed by atoms with Crippen molar-refractivity contribution >= 4 is 29.4 Å². The van der Waals surface area contributed by atoms with Gasteiger partial charge in [0.15, 0.2) is 0 Å². The summed E-state index contributed by atoms with van der Waals surface area (Å²) in [6.45, 7) is 4.27. The average Bonchev–Trinajstić information content (AvgIpc) is 2.57. The van der Waals surface area contributed by atoms with E-state index in [0.29, 0.717) is 12.2 Å². The third-order valence-electron chi connectivity index (χ3n) is 3.94. The number of nitrogens with one attached hydrogen (secondary N) is 2. The Morgan fingerprint density at radius 1 is 1.25 bits per heavy atom. The molecule has 1 aromatic rings. The van der Waals surface area contributed by atoms with Gasteiger partial charge in [-0.15, -0.1) is 0 Å². The Morgan fingerprint density at radius 2 is 1.92 bits per heavy atom. The fourth-order valence-electron chi connectivity index (χ4n) is 2.65. The van der Waals surface area contributed by atoms with Crippen molar-refractivity contribution in [2.24, 2.45) is 0 Å². The lowest BCUT2D eigenvalue weighted by Crippen LogP contribution is -2.39. The molecular weight excluding hydrogens is 326 g/mol. The molecule has 1 aromatic carbocycles. The molecule has 1 heterocycles. The van der Waals surface area contributed by atoms with E-state index in [-0.39, 0.29) is 6.03 Å². The number of hydrogen-bond donors (Lipinski definition) is 3. The lowest BCUT2D eigenvalue weighted by Gasteiger charge is -2.32. The van der Waals surface area contributed by atoms with Gasteiger partial charge < -0.3 is 15.7 Å². The lowest BCUT2D eigenvalue weighted by atomic mass is 10.0. The van der Waals surface area contributed by atoms with Gasteiger partial charge in [0.25, 0.3) is 0 Å². The van der Waals surface area contributed by atoms with Crippen molar-refractivity contribution < 1.29 is 14.7 Å². The first-order chi connectivity index (χ1) is 11.6. The molecule has 2 amide bonds. The molecule has 0 bridgehead atoms. The number of benzene rings is 1. The fraction of sp³-hybridized carbons (Fsp3) is 0.529. The maximum Gasteiger partial charge on any atom is 0.325 e. The summed E-state index contributed by atoms with van der Waals surface area (Å²) in [6.07, 6.45) is 1.97. The van der Waals surface area contributed by atoms with E-state index in [1.54, 1.807) is 24.3 Å². The van der Waals surface area contributed by atoms with Crippen LogP contribution in [0.25, 0.3) is 0 Å². The van der Waals surface area contributed by atoms with E-state index in [9.17, 15) is 14.7 Å². The highest BCUT2D eigenvalue weighted by Gasteiger charge is 2.28. The van der Waals surface area contributed by atoms with E-state index < -0.39 is 12.0 Å². The van der Waals surface area contributed by atoms with Gasteiger partial charge in [-0.1, -0.05) is 25.5 Å². The number of urea groups is 1. The third kappa shape index (κ3) is 5.42. The van der Waals surface area contributed by atoms with Crippen molar-refractivity contribution in [1.29, 1.82) is 0 Å². The lowest BCUT2D eigenvalue weighted by molar-refractivity contribution is -0.143. The van der Waals surface area contributed by atoms with Crippen LogP contribution in [0.1, 0.15) is 31.4 Å². The molecule has 1 aliphatic heterocycles. The number of amides is 2. The zero-order valence-electron chi connectivity index (χ0n) is 14.0. The van der Waals surface area contributed by atoms with Gasteiger partial charge in [0.1, 0.15) is 6.04 Å². The summed E-state index contributed by atoms with van der Waals surface area (Å²) in [6, 6.07) is 6.20. The SMILES string of the molecule is CCCCNC(=O)Nc1ccc(C(C(=O)O)N2CCSCC2)cc1. The van der Waals surface area contributed by atoms with Crippen molar-refractivity contribution in [3.05, 3.63) is 29.8 Å². The number of hydrogen-bond acceptors (Lipinski definition) is 4. The van der Waals surface area contributed by atoms with Crippen LogP contribution in [0.5, 0.6) is 0 Å². The van der Waals surface area contributed by atoms with E-state index in [1.807, 2.05) is 16.7 Å². The van der Waals surface area contributed by atoms with Crippen LogP contribution in [0.2, 0.25) is 0 Å². The van der Waals surface area contributed by atoms with Crippen molar-refractivity contribution in [2.75, 3.05) is 36.5 Å². The summed E-state index contributed by atoms with van der Waals surface area (Å²) in [5.74, 6) is 1.09. The summed E-state index contributed by atoms with van der Waals surface area (Å²) < 4.78 is 0. The van der Waals surface area contributed by atoms with E-state index in [2.05, 4.69) is 17.6 Å². The predicted molar refractivity (Wildman–Crippen MR) is 97.6 cm³/mol. The molecule has 24 heavy (non-hydrogen) atoms. The van der Waals surface area contributed by atoms with Gasteiger partial charge in [-0.2, -0.15) is 11.8 Å². The molecule has 0 aliphatic carbocycles. The summed E-state index contributed by atoms with van der Waals surface area (Å²) in [7, 11) is 0. The quantitative estimate of drug-likeness (QED) is 0.658. The monoisotopic (exact) mass is 351 g/mol. The third-order valence-corrected chi connectivity index (χ3v) is 4.89. The molecule has 132 valence electrons. The van der Waals surface area contributed by atoms with Gasteiger partial charge in [0.05, 0.1) is 0 Å². The van der Waals surface area contributed by atoms with Crippen molar-refractivity contribution in [3.8, 4) is 0 Å². The summed E-state index contributed by atoms with van der Waals surface area (Å²) >= 11 is 1.85. The molecule has 0 spiro atoms. The minimum Gasteiger partial charge on any atom is -0.480 e. The minimum absolute atomic E-state index is 0.237. The Labute approximate surface area is 147 Å². The standard InChI is InChI=1S/C17H25N3O3S/c1-2-3-8-18-17(23)19-14-6-4-13(5-7-14)15(16(21)22)20-9-11-24-12-10-20/h4-7,15H,2-3,8-12H2,1H3,(H,21,22)(H2,18,19,23). The van der Waals surface area contributed by atoms with E-state index in [0.717, 1.165) is 43.0 Å². The minimum atomic E-state index is -0.833. The second kappa shape index (κ2) is 9.54. The number of thioether (sulfide) groups is 1. The normalized spacial score (nSPS) is 16.4. The van der Waals surface area contributed by atoms with Crippen LogP contribution in [0.3, 0.4) is 0 Å². The number of carboxylic acid groups (broad SMARTS) is 1. The first-order valence-electron chi connectivity index (χ1n) is 8.31. The zero-order chi connectivity index (χ0) is 17.4. The first kappa shape index (κ1) is 18.6. The van der Waals surface area contributed by atoms with Crippen LogP contribution in [0, 0.1) is 0 Å².